The third kappa shape index (κ3) is 2.84. The molecule has 0 amide bonds. The molecule has 15 heavy (non-hydrogen) atoms. The quantitative estimate of drug-likeness (QED) is 0.778. The van der Waals surface area contributed by atoms with Gasteiger partial charge in [-0.25, -0.2) is 4.98 Å². The minimum Gasteiger partial charge on any atom is -0.393 e. The van der Waals surface area contributed by atoms with Gasteiger partial charge in [0.2, 0.25) is 0 Å². The number of aldehydes is 1. The van der Waals surface area contributed by atoms with Gasteiger partial charge in [0, 0.05) is 19.3 Å². The first-order valence-corrected chi connectivity index (χ1v) is 5.90. The third-order valence-corrected chi connectivity index (χ3v) is 3.51. The highest BCUT2D eigenvalue weighted by atomic mass is 32.1. The van der Waals surface area contributed by atoms with Gasteiger partial charge in [0.15, 0.2) is 6.29 Å². The molecule has 1 aromatic heterocycles. The van der Waals surface area contributed by atoms with Crippen LogP contribution in [0.4, 0.5) is 0 Å². The van der Waals surface area contributed by atoms with E-state index >= 15 is 0 Å². The minimum atomic E-state index is -0.136. The van der Waals surface area contributed by atoms with Crippen molar-refractivity contribution in [3.8, 4) is 0 Å². The fourth-order valence-corrected chi connectivity index (χ4v) is 2.50. The van der Waals surface area contributed by atoms with Crippen molar-refractivity contribution in [2.75, 3.05) is 13.1 Å². The first kappa shape index (κ1) is 10.7. The van der Waals surface area contributed by atoms with Crippen molar-refractivity contribution in [3.63, 3.8) is 0 Å². The van der Waals surface area contributed by atoms with E-state index in [0.29, 0.717) is 4.88 Å². The highest BCUT2D eigenvalue weighted by Gasteiger charge is 2.17. The number of aliphatic hydroxyl groups is 1. The Morgan fingerprint density at radius 3 is 2.93 bits per heavy atom. The number of hydrogen-bond donors (Lipinski definition) is 1. The number of carbonyl (C=O) groups excluding carboxylic acids is 1. The lowest BCUT2D eigenvalue weighted by molar-refractivity contribution is 0.0792. The summed E-state index contributed by atoms with van der Waals surface area (Å²) >= 11 is 1.44. The first-order chi connectivity index (χ1) is 7.28. The zero-order valence-electron chi connectivity index (χ0n) is 8.43. The van der Waals surface area contributed by atoms with Gasteiger partial charge in [-0.2, -0.15) is 0 Å². The van der Waals surface area contributed by atoms with Crippen molar-refractivity contribution in [1.29, 1.82) is 0 Å². The minimum absolute atomic E-state index is 0.136. The van der Waals surface area contributed by atoms with Crippen LogP contribution < -0.4 is 0 Å². The Hall–Kier alpha value is -0.780. The van der Waals surface area contributed by atoms with Crippen molar-refractivity contribution < 1.29 is 9.90 Å². The molecular formula is C10H14N2O2S. The Labute approximate surface area is 92.6 Å². The van der Waals surface area contributed by atoms with Gasteiger partial charge >= 0.3 is 0 Å². The summed E-state index contributed by atoms with van der Waals surface area (Å²) in [4.78, 5) is 17.6. The number of carbonyl (C=O) groups is 1. The number of hydrogen-bond acceptors (Lipinski definition) is 5. The molecule has 0 unspecified atom stereocenters. The summed E-state index contributed by atoms with van der Waals surface area (Å²) in [5.41, 5.74) is 0. The van der Waals surface area contributed by atoms with Gasteiger partial charge in [0.05, 0.1) is 17.5 Å². The van der Waals surface area contributed by atoms with E-state index in [1.165, 1.54) is 11.3 Å². The molecule has 0 bridgehead atoms. The summed E-state index contributed by atoms with van der Waals surface area (Å²) in [6.45, 7) is 2.62. The van der Waals surface area contributed by atoms with Crippen LogP contribution in [-0.2, 0) is 6.54 Å². The molecule has 0 aromatic carbocycles. The average Bonchev–Trinajstić information content (AvgIpc) is 2.69. The molecule has 1 saturated heterocycles. The molecular weight excluding hydrogens is 212 g/mol. The highest BCUT2D eigenvalue weighted by molar-refractivity contribution is 7.13. The lowest BCUT2D eigenvalue weighted by Crippen LogP contribution is -2.35. The number of likely N-dealkylation sites (tertiary alicyclic amines) is 1. The summed E-state index contributed by atoms with van der Waals surface area (Å²) in [5.74, 6) is 0. The van der Waals surface area contributed by atoms with Crippen LogP contribution in [0.25, 0.3) is 0 Å². The maximum absolute atomic E-state index is 10.5. The average molecular weight is 226 g/mol. The van der Waals surface area contributed by atoms with E-state index in [0.717, 1.165) is 43.8 Å². The van der Waals surface area contributed by atoms with E-state index < -0.39 is 0 Å². The number of piperidine rings is 1. The predicted molar refractivity (Wildman–Crippen MR) is 58.0 cm³/mol. The summed E-state index contributed by atoms with van der Waals surface area (Å²) in [6, 6.07) is 0. The van der Waals surface area contributed by atoms with Gasteiger partial charge in [-0.1, -0.05) is 0 Å². The van der Waals surface area contributed by atoms with E-state index in [9.17, 15) is 9.90 Å². The van der Waals surface area contributed by atoms with Gasteiger partial charge in [-0.15, -0.1) is 11.3 Å². The molecule has 0 atom stereocenters. The third-order valence-electron chi connectivity index (χ3n) is 2.60. The Morgan fingerprint density at radius 2 is 2.33 bits per heavy atom. The van der Waals surface area contributed by atoms with Crippen LogP contribution in [0.5, 0.6) is 0 Å². The van der Waals surface area contributed by atoms with Crippen LogP contribution >= 0.6 is 11.3 Å². The molecule has 82 valence electrons. The monoisotopic (exact) mass is 226 g/mol. The molecule has 4 nitrogen and oxygen atoms in total. The maximum atomic E-state index is 10.5. The van der Waals surface area contributed by atoms with Crippen LogP contribution in [-0.4, -0.2) is 40.5 Å². The van der Waals surface area contributed by atoms with Gasteiger partial charge in [0.25, 0.3) is 0 Å². The predicted octanol–water partition coefficient (Wildman–Crippen LogP) is 0.912. The van der Waals surface area contributed by atoms with E-state index in [-0.39, 0.29) is 6.10 Å². The Balaban J connectivity index is 1.88. The van der Waals surface area contributed by atoms with Crippen molar-refractivity contribution in [3.05, 3.63) is 16.1 Å². The van der Waals surface area contributed by atoms with Gasteiger partial charge < -0.3 is 5.11 Å². The van der Waals surface area contributed by atoms with E-state index in [1.54, 1.807) is 6.20 Å². The van der Waals surface area contributed by atoms with E-state index in [4.69, 9.17) is 0 Å². The Bertz CT molecular complexity index is 332. The second-order valence-corrected chi connectivity index (χ2v) is 4.93. The molecule has 1 aromatic rings. The molecule has 0 aliphatic carbocycles. The fourth-order valence-electron chi connectivity index (χ4n) is 1.72. The van der Waals surface area contributed by atoms with Gasteiger partial charge in [-0.3, -0.25) is 9.69 Å². The molecule has 0 radical (unpaired) electrons. The molecule has 1 aliphatic heterocycles. The number of rotatable bonds is 3. The Morgan fingerprint density at radius 1 is 1.60 bits per heavy atom. The molecule has 0 spiro atoms. The maximum Gasteiger partial charge on any atom is 0.161 e. The zero-order valence-corrected chi connectivity index (χ0v) is 9.24. The topological polar surface area (TPSA) is 53.4 Å². The fraction of sp³-hybridized carbons (Fsp3) is 0.600. The summed E-state index contributed by atoms with van der Waals surface area (Å²) < 4.78 is 0. The van der Waals surface area contributed by atoms with Gasteiger partial charge in [-0.05, 0) is 12.8 Å². The largest absolute Gasteiger partial charge is 0.393 e. The summed E-state index contributed by atoms with van der Waals surface area (Å²) in [7, 11) is 0. The van der Waals surface area contributed by atoms with Crippen LogP contribution in [0.2, 0.25) is 0 Å². The molecule has 0 saturated carbocycles. The second kappa shape index (κ2) is 4.83. The molecule has 2 rings (SSSR count). The SMILES string of the molecule is O=Cc1cnc(CN2CCC(O)CC2)s1. The lowest BCUT2D eigenvalue weighted by Gasteiger charge is -2.28. The lowest BCUT2D eigenvalue weighted by atomic mass is 10.1. The van der Waals surface area contributed by atoms with E-state index in [2.05, 4.69) is 9.88 Å². The molecule has 5 heteroatoms. The zero-order chi connectivity index (χ0) is 10.7. The molecule has 1 aliphatic rings. The van der Waals surface area contributed by atoms with Crippen LogP contribution in [0.3, 0.4) is 0 Å². The first-order valence-electron chi connectivity index (χ1n) is 5.08. The standard InChI is InChI=1S/C10H14N2O2S/c13-7-9-5-11-10(15-9)6-12-3-1-8(14)2-4-12/h5,7-8,14H,1-4,6H2. The molecule has 2 heterocycles. The van der Waals surface area contributed by atoms with Crippen molar-refractivity contribution >= 4 is 17.6 Å². The molecule has 1 fully saturated rings. The summed E-state index contributed by atoms with van der Waals surface area (Å²) in [6.07, 6.45) is 3.99. The number of aliphatic hydroxyl groups excluding tert-OH is 1. The van der Waals surface area contributed by atoms with E-state index in [1.807, 2.05) is 0 Å². The Kier molecular flexibility index (Phi) is 3.45. The number of aromatic nitrogens is 1. The normalized spacial score (nSPS) is 19.3. The number of thiazole rings is 1. The second-order valence-electron chi connectivity index (χ2n) is 3.78. The van der Waals surface area contributed by atoms with Crippen molar-refractivity contribution in [2.45, 2.75) is 25.5 Å². The van der Waals surface area contributed by atoms with Crippen LogP contribution in [0.1, 0.15) is 27.5 Å². The van der Waals surface area contributed by atoms with Crippen LogP contribution in [0, 0.1) is 0 Å². The van der Waals surface area contributed by atoms with Crippen molar-refractivity contribution in [1.82, 2.24) is 9.88 Å². The van der Waals surface area contributed by atoms with Gasteiger partial charge in [0.1, 0.15) is 5.01 Å². The highest BCUT2D eigenvalue weighted by Crippen LogP contribution is 2.16. The smallest absolute Gasteiger partial charge is 0.161 e. The van der Waals surface area contributed by atoms with Crippen molar-refractivity contribution in [2.24, 2.45) is 0 Å². The summed E-state index contributed by atoms with van der Waals surface area (Å²) in [5, 5.41) is 10.3. The molecule has 1 N–H and O–H groups in total. The number of nitrogens with zero attached hydrogens (tertiary/aromatic N) is 2. The van der Waals surface area contributed by atoms with Crippen LogP contribution in [0.15, 0.2) is 6.20 Å².